The van der Waals surface area contributed by atoms with Gasteiger partial charge in [0, 0.05) is 18.0 Å². The largest absolute Gasteiger partial charge is 0.352 e. The molecule has 1 aromatic rings. The van der Waals surface area contributed by atoms with Crippen LogP contribution in [0.2, 0.25) is 0 Å². The monoisotopic (exact) mass is 286 g/mol. The number of thioether (sulfide) groups is 1. The van der Waals surface area contributed by atoms with Crippen LogP contribution in [0.5, 0.6) is 0 Å². The van der Waals surface area contributed by atoms with Gasteiger partial charge in [-0.25, -0.2) is 0 Å². The molecule has 5 heteroatoms. The summed E-state index contributed by atoms with van der Waals surface area (Å²) in [7, 11) is 0. The lowest BCUT2D eigenvalue weighted by molar-refractivity contribution is -0.124. The van der Waals surface area contributed by atoms with E-state index in [4.69, 9.17) is 0 Å². The Kier molecular flexibility index (Phi) is 6.54. The van der Waals surface area contributed by atoms with Crippen LogP contribution in [-0.4, -0.2) is 25.3 Å². The fraction of sp³-hybridized carbons (Fsp3) is 0.462. The third kappa shape index (κ3) is 4.19. The highest BCUT2D eigenvalue weighted by Gasteiger charge is 2.21. The molecule has 1 fully saturated rings. The molecule has 1 heterocycles. The van der Waals surface area contributed by atoms with Crippen molar-refractivity contribution in [3.8, 4) is 0 Å². The molecule has 1 aliphatic heterocycles. The number of nitrogens with one attached hydrogen (secondary N) is 2. The minimum Gasteiger partial charge on any atom is -0.352 e. The first-order valence-corrected chi connectivity index (χ1v) is 7.13. The molecule has 1 amide bonds. The van der Waals surface area contributed by atoms with Crippen molar-refractivity contribution in [2.45, 2.75) is 17.9 Å². The molecule has 100 valence electrons. The number of halogens is 1. The van der Waals surface area contributed by atoms with E-state index in [2.05, 4.69) is 41.2 Å². The van der Waals surface area contributed by atoms with Gasteiger partial charge < -0.3 is 10.6 Å². The van der Waals surface area contributed by atoms with Crippen molar-refractivity contribution in [3.63, 3.8) is 0 Å². The summed E-state index contributed by atoms with van der Waals surface area (Å²) in [5.74, 6) is 0.324. The minimum absolute atomic E-state index is 0. The summed E-state index contributed by atoms with van der Waals surface area (Å²) in [5.41, 5.74) is 1.15. The van der Waals surface area contributed by atoms with Crippen molar-refractivity contribution in [3.05, 3.63) is 29.8 Å². The van der Waals surface area contributed by atoms with Gasteiger partial charge in [-0.05, 0) is 36.9 Å². The zero-order valence-electron chi connectivity index (χ0n) is 10.4. The molecule has 0 bridgehead atoms. The first kappa shape index (κ1) is 15.3. The predicted octanol–water partition coefficient (Wildman–Crippen LogP) is 2.06. The van der Waals surface area contributed by atoms with E-state index in [1.807, 2.05) is 0 Å². The Hall–Kier alpha value is -0.710. The van der Waals surface area contributed by atoms with Crippen molar-refractivity contribution >= 4 is 30.1 Å². The Morgan fingerprint density at radius 2 is 2.17 bits per heavy atom. The summed E-state index contributed by atoms with van der Waals surface area (Å²) < 4.78 is 0. The van der Waals surface area contributed by atoms with Crippen molar-refractivity contribution in [1.29, 1.82) is 0 Å². The lowest BCUT2D eigenvalue weighted by Crippen LogP contribution is -2.31. The lowest BCUT2D eigenvalue weighted by Gasteiger charge is -2.10. The molecule has 3 nitrogen and oxygen atoms in total. The van der Waals surface area contributed by atoms with E-state index in [0.717, 1.165) is 25.1 Å². The molecular weight excluding hydrogens is 268 g/mol. The Morgan fingerprint density at radius 3 is 2.72 bits per heavy atom. The van der Waals surface area contributed by atoms with Crippen LogP contribution >= 0.6 is 24.2 Å². The third-order valence-electron chi connectivity index (χ3n) is 3.06. The highest BCUT2D eigenvalue weighted by molar-refractivity contribution is 7.98. The van der Waals surface area contributed by atoms with E-state index in [1.165, 1.54) is 4.90 Å². The van der Waals surface area contributed by atoms with Gasteiger partial charge >= 0.3 is 0 Å². The number of amides is 1. The number of hydrogen-bond donors (Lipinski definition) is 2. The zero-order chi connectivity index (χ0) is 12.1. The molecule has 18 heavy (non-hydrogen) atoms. The Balaban J connectivity index is 0.00000162. The maximum Gasteiger partial charge on any atom is 0.224 e. The molecule has 2 rings (SSSR count). The Bertz CT molecular complexity index is 377. The van der Waals surface area contributed by atoms with Crippen LogP contribution < -0.4 is 10.6 Å². The first-order chi connectivity index (χ1) is 8.29. The topological polar surface area (TPSA) is 41.1 Å². The molecule has 0 radical (unpaired) electrons. The molecule has 0 aromatic heterocycles. The zero-order valence-corrected chi connectivity index (χ0v) is 12.1. The SMILES string of the molecule is CSc1ccc(CNC(=O)C2CCNC2)cc1.Cl. The van der Waals surface area contributed by atoms with Crippen LogP contribution in [0.1, 0.15) is 12.0 Å². The first-order valence-electron chi connectivity index (χ1n) is 5.91. The summed E-state index contributed by atoms with van der Waals surface area (Å²) in [6.07, 6.45) is 3.02. The number of hydrogen-bond acceptors (Lipinski definition) is 3. The summed E-state index contributed by atoms with van der Waals surface area (Å²) >= 11 is 1.73. The molecule has 2 N–H and O–H groups in total. The third-order valence-corrected chi connectivity index (χ3v) is 3.80. The molecule has 1 aromatic carbocycles. The Morgan fingerprint density at radius 1 is 1.44 bits per heavy atom. The van der Waals surface area contributed by atoms with E-state index in [1.54, 1.807) is 11.8 Å². The van der Waals surface area contributed by atoms with E-state index < -0.39 is 0 Å². The molecule has 0 saturated carbocycles. The summed E-state index contributed by atoms with van der Waals surface area (Å²) in [6, 6.07) is 8.31. The standard InChI is InChI=1S/C13H18N2OS.ClH/c1-17-12-4-2-10(3-5-12)8-15-13(16)11-6-7-14-9-11;/h2-5,11,14H,6-9H2,1H3,(H,15,16);1H. The van der Waals surface area contributed by atoms with Crippen LogP contribution in [0.25, 0.3) is 0 Å². The van der Waals surface area contributed by atoms with Crippen LogP contribution in [0.4, 0.5) is 0 Å². The summed E-state index contributed by atoms with van der Waals surface area (Å²) in [6.45, 7) is 2.40. The molecule has 1 unspecified atom stereocenters. The molecular formula is C13H19ClN2OS. The molecule has 0 aliphatic carbocycles. The Labute approximate surface area is 119 Å². The molecule has 0 spiro atoms. The number of benzene rings is 1. The van der Waals surface area contributed by atoms with Gasteiger partial charge in [0.25, 0.3) is 0 Å². The predicted molar refractivity (Wildman–Crippen MR) is 78.3 cm³/mol. The van der Waals surface area contributed by atoms with Gasteiger partial charge in [0.05, 0.1) is 5.92 Å². The van der Waals surface area contributed by atoms with Gasteiger partial charge in [-0.3, -0.25) is 4.79 Å². The van der Waals surface area contributed by atoms with E-state index >= 15 is 0 Å². The second kappa shape index (κ2) is 7.67. The van der Waals surface area contributed by atoms with Crippen molar-refractivity contribution in [1.82, 2.24) is 10.6 Å². The van der Waals surface area contributed by atoms with Crippen molar-refractivity contribution in [2.75, 3.05) is 19.3 Å². The fourth-order valence-electron chi connectivity index (χ4n) is 1.96. The number of carbonyl (C=O) groups is 1. The average molecular weight is 287 g/mol. The van der Waals surface area contributed by atoms with Gasteiger partial charge in [0.15, 0.2) is 0 Å². The second-order valence-corrected chi connectivity index (χ2v) is 5.14. The van der Waals surface area contributed by atoms with Crippen molar-refractivity contribution in [2.24, 2.45) is 5.92 Å². The second-order valence-electron chi connectivity index (χ2n) is 4.26. The number of rotatable bonds is 4. The maximum absolute atomic E-state index is 11.8. The van der Waals surface area contributed by atoms with Gasteiger partial charge in [-0.2, -0.15) is 0 Å². The van der Waals surface area contributed by atoms with Gasteiger partial charge in [-0.15, -0.1) is 24.2 Å². The molecule has 1 aliphatic rings. The highest BCUT2D eigenvalue weighted by Crippen LogP contribution is 2.15. The lowest BCUT2D eigenvalue weighted by atomic mass is 10.1. The van der Waals surface area contributed by atoms with Gasteiger partial charge in [0.2, 0.25) is 5.91 Å². The fourth-order valence-corrected chi connectivity index (χ4v) is 2.36. The van der Waals surface area contributed by atoms with Crippen LogP contribution in [0.15, 0.2) is 29.2 Å². The number of carbonyl (C=O) groups excluding carboxylic acids is 1. The van der Waals surface area contributed by atoms with Crippen molar-refractivity contribution < 1.29 is 4.79 Å². The molecule has 1 atom stereocenters. The quantitative estimate of drug-likeness (QED) is 0.833. The van der Waals surface area contributed by atoms with Crippen LogP contribution in [0.3, 0.4) is 0 Å². The molecule has 1 saturated heterocycles. The van der Waals surface area contributed by atoms with Gasteiger partial charge in [0.1, 0.15) is 0 Å². The normalized spacial score (nSPS) is 18.2. The minimum atomic E-state index is 0. The van der Waals surface area contributed by atoms with Gasteiger partial charge in [-0.1, -0.05) is 12.1 Å². The van der Waals surface area contributed by atoms with E-state index in [9.17, 15) is 4.79 Å². The summed E-state index contributed by atoms with van der Waals surface area (Å²) in [4.78, 5) is 13.0. The van der Waals surface area contributed by atoms with E-state index in [0.29, 0.717) is 6.54 Å². The average Bonchev–Trinajstić information content (AvgIpc) is 2.90. The smallest absolute Gasteiger partial charge is 0.224 e. The van der Waals surface area contributed by atoms with E-state index in [-0.39, 0.29) is 24.2 Å². The highest BCUT2D eigenvalue weighted by atomic mass is 35.5. The summed E-state index contributed by atoms with van der Waals surface area (Å²) in [5, 5.41) is 6.20. The van der Waals surface area contributed by atoms with Crippen LogP contribution in [0, 0.1) is 5.92 Å². The van der Waals surface area contributed by atoms with Crippen LogP contribution in [-0.2, 0) is 11.3 Å². The maximum atomic E-state index is 11.8.